The first-order valence-electron chi connectivity index (χ1n) is 8.18. The summed E-state index contributed by atoms with van der Waals surface area (Å²) in [5, 5.41) is 13.0. The van der Waals surface area contributed by atoms with Crippen LogP contribution in [0.5, 0.6) is 11.5 Å². The van der Waals surface area contributed by atoms with Crippen molar-refractivity contribution in [3.05, 3.63) is 23.8 Å². The summed E-state index contributed by atoms with van der Waals surface area (Å²) in [6.07, 6.45) is 3.71. The Bertz CT molecular complexity index is 472. The van der Waals surface area contributed by atoms with Crippen molar-refractivity contribution >= 4 is 0 Å². The number of nitrogens with zero attached hydrogens (tertiary/aromatic N) is 1. The molecule has 0 bridgehead atoms. The number of piperidine rings is 1. The smallest absolute Gasteiger partial charge is 0.127 e. The number of aromatic hydroxyl groups is 1. The summed E-state index contributed by atoms with van der Waals surface area (Å²) in [6.45, 7) is 7.52. The largest absolute Gasteiger partial charge is 0.508 e. The zero-order chi connectivity index (χ0) is 14.7. The third-order valence-corrected chi connectivity index (χ3v) is 4.66. The quantitative estimate of drug-likeness (QED) is 0.875. The third kappa shape index (κ3) is 3.33. The number of phenols is 1. The van der Waals surface area contributed by atoms with Gasteiger partial charge in [-0.25, -0.2) is 0 Å². The van der Waals surface area contributed by atoms with Crippen LogP contribution in [0, 0.1) is 5.92 Å². The monoisotopic (exact) mass is 290 g/mol. The molecular weight excluding hydrogens is 264 g/mol. The Balaban J connectivity index is 1.72. The highest BCUT2D eigenvalue weighted by molar-refractivity contribution is 5.44. The standard InChI is InChI=1S/C17H26N2O2/c1-2-9-19(11-13-5-7-18-8-6-13)16-12-21-17-10-14(20)3-4-15(16)17/h3-4,10,13,16,18,20H,2,5-9,11-12H2,1H3. The molecule has 1 aromatic rings. The van der Waals surface area contributed by atoms with Crippen molar-refractivity contribution in [2.45, 2.75) is 32.2 Å². The minimum atomic E-state index is 0.287. The summed E-state index contributed by atoms with van der Waals surface area (Å²) in [5.41, 5.74) is 1.23. The molecule has 0 amide bonds. The highest BCUT2D eigenvalue weighted by Crippen LogP contribution is 2.38. The Kier molecular flexibility index (Phi) is 4.66. The normalized spacial score (nSPS) is 22.3. The van der Waals surface area contributed by atoms with Gasteiger partial charge in [0.2, 0.25) is 0 Å². The Hall–Kier alpha value is -1.26. The highest BCUT2D eigenvalue weighted by Gasteiger charge is 2.31. The number of benzene rings is 1. The van der Waals surface area contributed by atoms with Gasteiger partial charge in [-0.15, -0.1) is 0 Å². The van der Waals surface area contributed by atoms with E-state index in [1.165, 1.54) is 18.4 Å². The molecule has 0 aliphatic carbocycles. The van der Waals surface area contributed by atoms with Gasteiger partial charge in [-0.2, -0.15) is 0 Å². The maximum absolute atomic E-state index is 9.59. The van der Waals surface area contributed by atoms with Crippen LogP contribution in [0.25, 0.3) is 0 Å². The fourth-order valence-corrected chi connectivity index (χ4v) is 3.54. The molecule has 4 nitrogen and oxygen atoms in total. The predicted molar refractivity (Wildman–Crippen MR) is 83.8 cm³/mol. The number of nitrogens with one attached hydrogen (secondary N) is 1. The van der Waals surface area contributed by atoms with Crippen LogP contribution in [0.4, 0.5) is 0 Å². The van der Waals surface area contributed by atoms with E-state index in [0.29, 0.717) is 12.6 Å². The molecule has 2 N–H and O–H groups in total. The SMILES string of the molecule is CCCN(CC1CCNCC1)C1COc2cc(O)ccc21. The lowest BCUT2D eigenvalue weighted by Crippen LogP contribution is -2.39. The third-order valence-electron chi connectivity index (χ3n) is 4.66. The first-order valence-corrected chi connectivity index (χ1v) is 8.18. The average Bonchev–Trinajstić information content (AvgIpc) is 2.90. The van der Waals surface area contributed by atoms with E-state index in [2.05, 4.69) is 17.1 Å². The number of hydrogen-bond acceptors (Lipinski definition) is 4. The zero-order valence-electron chi connectivity index (χ0n) is 12.8. The topological polar surface area (TPSA) is 44.7 Å². The van der Waals surface area contributed by atoms with Gasteiger partial charge in [-0.05, 0) is 56.9 Å². The zero-order valence-corrected chi connectivity index (χ0v) is 12.8. The average molecular weight is 290 g/mol. The van der Waals surface area contributed by atoms with Gasteiger partial charge in [0, 0.05) is 18.2 Å². The number of ether oxygens (including phenoxy) is 1. The molecule has 116 valence electrons. The number of fused-ring (bicyclic) bond motifs is 1. The van der Waals surface area contributed by atoms with Gasteiger partial charge >= 0.3 is 0 Å². The van der Waals surface area contributed by atoms with Crippen LogP contribution in [-0.2, 0) is 0 Å². The Labute approximate surface area is 127 Å². The van der Waals surface area contributed by atoms with Gasteiger partial charge in [0.15, 0.2) is 0 Å². The second-order valence-electron chi connectivity index (χ2n) is 6.24. The van der Waals surface area contributed by atoms with Crippen LogP contribution in [-0.4, -0.2) is 42.8 Å². The van der Waals surface area contributed by atoms with E-state index in [1.807, 2.05) is 6.07 Å². The Morgan fingerprint density at radius 2 is 2.14 bits per heavy atom. The molecule has 0 saturated carbocycles. The fourth-order valence-electron chi connectivity index (χ4n) is 3.54. The van der Waals surface area contributed by atoms with Crippen LogP contribution in [0.3, 0.4) is 0 Å². The van der Waals surface area contributed by atoms with Gasteiger partial charge in [0.1, 0.15) is 18.1 Å². The number of phenolic OH excluding ortho intramolecular Hbond substituents is 1. The van der Waals surface area contributed by atoms with Crippen LogP contribution in [0.15, 0.2) is 18.2 Å². The van der Waals surface area contributed by atoms with Crippen molar-refractivity contribution in [2.75, 3.05) is 32.8 Å². The Morgan fingerprint density at radius 3 is 2.90 bits per heavy atom. The summed E-state index contributed by atoms with van der Waals surface area (Å²) in [7, 11) is 0. The van der Waals surface area contributed by atoms with E-state index in [-0.39, 0.29) is 5.75 Å². The van der Waals surface area contributed by atoms with Gasteiger partial charge in [-0.3, -0.25) is 4.90 Å². The van der Waals surface area contributed by atoms with Crippen LogP contribution < -0.4 is 10.1 Å². The first kappa shape index (κ1) is 14.7. The molecule has 1 aromatic carbocycles. The van der Waals surface area contributed by atoms with Crippen molar-refractivity contribution in [3.8, 4) is 11.5 Å². The maximum Gasteiger partial charge on any atom is 0.127 e. The van der Waals surface area contributed by atoms with E-state index < -0.39 is 0 Å². The van der Waals surface area contributed by atoms with Gasteiger partial charge in [-0.1, -0.05) is 6.92 Å². The highest BCUT2D eigenvalue weighted by atomic mass is 16.5. The molecule has 21 heavy (non-hydrogen) atoms. The van der Waals surface area contributed by atoms with E-state index >= 15 is 0 Å². The van der Waals surface area contributed by atoms with E-state index in [0.717, 1.165) is 44.3 Å². The van der Waals surface area contributed by atoms with Gasteiger partial charge < -0.3 is 15.2 Å². The lowest BCUT2D eigenvalue weighted by Gasteiger charge is -2.33. The summed E-state index contributed by atoms with van der Waals surface area (Å²) in [4.78, 5) is 2.58. The molecule has 1 unspecified atom stereocenters. The fraction of sp³-hybridized carbons (Fsp3) is 0.647. The van der Waals surface area contributed by atoms with Crippen molar-refractivity contribution in [1.82, 2.24) is 10.2 Å². The molecule has 2 heterocycles. The molecule has 1 saturated heterocycles. The van der Waals surface area contributed by atoms with Crippen molar-refractivity contribution < 1.29 is 9.84 Å². The van der Waals surface area contributed by atoms with Gasteiger partial charge in [0.05, 0.1) is 6.04 Å². The number of hydrogen-bond donors (Lipinski definition) is 2. The minimum absolute atomic E-state index is 0.287. The van der Waals surface area contributed by atoms with E-state index in [9.17, 15) is 5.11 Å². The molecule has 0 aromatic heterocycles. The summed E-state index contributed by atoms with van der Waals surface area (Å²) < 4.78 is 5.79. The summed E-state index contributed by atoms with van der Waals surface area (Å²) in [6, 6.07) is 5.88. The molecule has 3 rings (SSSR count). The van der Waals surface area contributed by atoms with Crippen LogP contribution in [0.2, 0.25) is 0 Å². The number of rotatable bonds is 5. The molecular formula is C17H26N2O2. The molecule has 4 heteroatoms. The van der Waals surface area contributed by atoms with Crippen LogP contribution in [0.1, 0.15) is 37.8 Å². The second kappa shape index (κ2) is 6.67. The minimum Gasteiger partial charge on any atom is -0.508 e. The molecule has 0 radical (unpaired) electrons. The maximum atomic E-state index is 9.59. The second-order valence-corrected chi connectivity index (χ2v) is 6.24. The molecule has 1 fully saturated rings. The Morgan fingerprint density at radius 1 is 1.33 bits per heavy atom. The van der Waals surface area contributed by atoms with E-state index in [4.69, 9.17) is 4.74 Å². The lowest BCUT2D eigenvalue weighted by molar-refractivity contribution is 0.130. The van der Waals surface area contributed by atoms with Crippen molar-refractivity contribution in [3.63, 3.8) is 0 Å². The molecule has 1 atom stereocenters. The summed E-state index contributed by atoms with van der Waals surface area (Å²) in [5.74, 6) is 1.93. The molecule has 2 aliphatic heterocycles. The van der Waals surface area contributed by atoms with E-state index in [1.54, 1.807) is 12.1 Å². The first-order chi connectivity index (χ1) is 10.3. The van der Waals surface area contributed by atoms with Crippen LogP contribution >= 0.6 is 0 Å². The summed E-state index contributed by atoms with van der Waals surface area (Å²) >= 11 is 0. The van der Waals surface area contributed by atoms with Gasteiger partial charge in [0.25, 0.3) is 0 Å². The lowest BCUT2D eigenvalue weighted by atomic mass is 9.96. The molecule has 0 spiro atoms. The molecule has 2 aliphatic rings. The van der Waals surface area contributed by atoms with Crippen molar-refractivity contribution in [2.24, 2.45) is 5.92 Å². The van der Waals surface area contributed by atoms with Crippen molar-refractivity contribution in [1.29, 1.82) is 0 Å². The predicted octanol–water partition coefficient (Wildman–Crippen LogP) is 2.54.